The van der Waals surface area contributed by atoms with Crippen LogP contribution in [-0.2, 0) is 5.41 Å². The fraction of sp³-hybridized carbons (Fsp3) is 0.280. The van der Waals surface area contributed by atoms with Gasteiger partial charge in [0.1, 0.15) is 11.2 Å². The molecule has 0 aliphatic heterocycles. The number of nitrogens with one attached hydrogen (secondary N) is 1. The first-order valence-electron chi connectivity index (χ1n) is 10.7. The molecular weight excluding hydrogens is 421 g/mol. The van der Waals surface area contributed by atoms with Crippen molar-refractivity contribution < 1.29 is 14.3 Å². The summed E-state index contributed by atoms with van der Waals surface area (Å²) >= 11 is 0. The summed E-state index contributed by atoms with van der Waals surface area (Å²) in [5.41, 5.74) is 1.82. The van der Waals surface area contributed by atoms with Crippen LogP contribution in [0.5, 0.6) is 0 Å². The van der Waals surface area contributed by atoms with Crippen LogP contribution < -0.4 is 5.32 Å². The first-order valence-corrected chi connectivity index (χ1v) is 10.7. The van der Waals surface area contributed by atoms with Crippen LogP contribution in [0.4, 0.5) is 10.1 Å². The summed E-state index contributed by atoms with van der Waals surface area (Å²) in [5, 5.41) is 27.3. The third-order valence-corrected chi connectivity index (χ3v) is 6.31. The molecule has 8 heteroatoms. The Bertz CT molecular complexity index is 1210. The highest BCUT2D eigenvalue weighted by Gasteiger charge is 2.42. The third kappa shape index (κ3) is 4.28. The quantitative estimate of drug-likeness (QED) is 0.576. The third-order valence-electron chi connectivity index (χ3n) is 6.31. The number of carbonyl (C=O) groups excluding carboxylic acids is 1. The molecule has 2 aromatic heterocycles. The van der Waals surface area contributed by atoms with Gasteiger partial charge in [-0.25, -0.2) is 9.07 Å². The van der Waals surface area contributed by atoms with Gasteiger partial charge < -0.3 is 10.4 Å². The highest BCUT2D eigenvalue weighted by molar-refractivity contribution is 6.04. The Morgan fingerprint density at radius 1 is 1.33 bits per heavy atom. The highest BCUT2D eigenvalue weighted by Crippen LogP contribution is 2.41. The molecule has 2 N–H and O–H groups in total. The van der Waals surface area contributed by atoms with E-state index in [-0.39, 0.29) is 17.6 Å². The molecular formula is C25H24FN5O2. The number of halogens is 1. The maximum atomic E-state index is 13.2. The van der Waals surface area contributed by atoms with E-state index in [4.69, 9.17) is 0 Å². The van der Waals surface area contributed by atoms with Crippen LogP contribution in [0.25, 0.3) is 5.69 Å². The maximum Gasteiger partial charge on any atom is 0.259 e. The van der Waals surface area contributed by atoms with E-state index in [9.17, 15) is 19.6 Å². The number of hydrogen-bond donors (Lipinski definition) is 2. The van der Waals surface area contributed by atoms with Crippen molar-refractivity contribution in [3.63, 3.8) is 0 Å². The van der Waals surface area contributed by atoms with Crippen molar-refractivity contribution in [3.05, 3.63) is 84.2 Å². The molecule has 33 heavy (non-hydrogen) atoms. The molecule has 168 valence electrons. The molecule has 1 aliphatic rings. The number of pyridine rings is 1. The molecule has 7 nitrogen and oxygen atoms in total. The van der Waals surface area contributed by atoms with Crippen molar-refractivity contribution in [1.82, 2.24) is 14.8 Å². The van der Waals surface area contributed by atoms with Gasteiger partial charge in [-0.1, -0.05) is 6.08 Å². The van der Waals surface area contributed by atoms with Gasteiger partial charge in [0, 0.05) is 5.92 Å². The minimum atomic E-state index is -0.867. The van der Waals surface area contributed by atoms with Crippen molar-refractivity contribution in [1.29, 1.82) is 5.26 Å². The largest absolute Gasteiger partial charge is 0.392 e. The minimum Gasteiger partial charge on any atom is -0.392 e. The standard InChI is InChI=1S/C25H24FN5O2/c1-3-17-10-11-25(15-27,12-22(17)32)23-9-6-19(13-28-23)30-24(33)21-14-29-31(16(21)2)20-7-4-18(26)5-8-20/h3-9,13-14,17,22,32H,1,10-12H2,2H3,(H,30,33). The summed E-state index contributed by atoms with van der Waals surface area (Å²) in [6, 6.07) is 11.6. The molecule has 0 radical (unpaired) electrons. The number of amides is 1. The summed E-state index contributed by atoms with van der Waals surface area (Å²) in [6.45, 7) is 5.51. The van der Waals surface area contributed by atoms with Crippen LogP contribution >= 0.6 is 0 Å². The summed E-state index contributed by atoms with van der Waals surface area (Å²) in [5.74, 6) is -0.727. The normalized spacial score (nSPS) is 22.4. The van der Waals surface area contributed by atoms with Gasteiger partial charge in [0.15, 0.2) is 0 Å². The van der Waals surface area contributed by atoms with Crippen LogP contribution in [0, 0.1) is 30.0 Å². The van der Waals surface area contributed by atoms with Crippen LogP contribution in [-0.4, -0.2) is 31.9 Å². The SMILES string of the molecule is C=CC1CCC(C#N)(c2ccc(NC(=O)c3cnn(-c4ccc(F)cc4)c3C)cn2)CC1O. The van der Waals surface area contributed by atoms with Crippen molar-refractivity contribution in [2.24, 2.45) is 5.92 Å². The van der Waals surface area contributed by atoms with E-state index in [1.807, 2.05) is 0 Å². The summed E-state index contributed by atoms with van der Waals surface area (Å²) in [7, 11) is 0. The Labute approximate surface area is 191 Å². The predicted molar refractivity (Wildman–Crippen MR) is 121 cm³/mol. The second kappa shape index (κ2) is 8.96. The van der Waals surface area contributed by atoms with Gasteiger partial charge in [0.2, 0.25) is 0 Å². The van der Waals surface area contributed by atoms with E-state index < -0.39 is 11.5 Å². The molecule has 1 aliphatic carbocycles. The van der Waals surface area contributed by atoms with E-state index in [0.29, 0.717) is 47.6 Å². The lowest BCUT2D eigenvalue weighted by Gasteiger charge is -2.37. The van der Waals surface area contributed by atoms with Gasteiger partial charge in [-0.05, 0) is 62.6 Å². The number of carbonyl (C=O) groups is 1. The number of anilines is 1. The molecule has 0 saturated heterocycles. The number of benzene rings is 1. The molecule has 1 fully saturated rings. The van der Waals surface area contributed by atoms with Gasteiger partial charge >= 0.3 is 0 Å². The molecule has 3 unspecified atom stereocenters. The number of aromatic nitrogens is 3. The molecule has 0 spiro atoms. The van der Waals surface area contributed by atoms with Gasteiger partial charge in [-0.2, -0.15) is 10.4 Å². The van der Waals surface area contributed by atoms with Crippen LogP contribution in [0.2, 0.25) is 0 Å². The Kier molecular flexibility index (Phi) is 6.07. The first-order chi connectivity index (χ1) is 15.9. The predicted octanol–water partition coefficient (Wildman–Crippen LogP) is 4.08. The average molecular weight is 445 g/mol. The van der Waals surface area contributed by atoms with E-state index in [0.717, 1.165) is 0 Å². The van der Waals surface area contributed by atoms with Crippen molar-refractivity contribution in [2.45, 2.75) is 37.7 Å². The van der Waals surface area contributed by atoms with Crippen LogP contribution in [0.15, 0.2) is 61.4 Å². The molecule has 3 aromatic rings. The minimum absolute atomic E-state index is 0.0240. The summed E-state index contributed by atoms with van der Waals surface area (Å²) < 4.78 is 14.8. The Morgan fingerprint density at radius 3 is 2.70 bits per heavy atom. The number of aliphatic hydroxyl groups is 1. The monoisotopic (exact) mass is 445 g/mol. The van der Waals surface area contributed by atoms with E-state index in [1.165, 1.54) is 24.5 Å². The lowest BCUT2D eigenvalue weighted by atomic mass is 9.68. The van der Waals surface area contributed by atoms with Gasteiger partial charge in [0.25, 0.3) is 5.91 Å². The highest BCUT2D eigenvalue weighted by atomic mass is 19.1. The fourth-order valence-electron chi connectivity index (χ4n) is 4.31. The summed E-state index contributed by atoms with van der Waals surface area (Å²) in [4.78, 5) is 17.2. The molecule has 1 aromatic carbocycles. The lowest BCUT2D eigenvalue weighted by molar-refractivity contribution is 0.0659. The van der Waals surface area contributed by atoms with E-state index in [1.54, 1.807) is 41.9 Å². The Hall–Kier alpha value is -3.83. The second-order valence-electron chi connectivity index (χ2n) is 8.32. The maximum absolute atomic E-state index is 13.2. The van der Waals surface area contributed by atoms with Gasteiger partial charge in [0.05, 0.1) is 52.9 Å². The first kappa shape index (κ1) is 22.4. The molecule has 3 atom stereocenters. The van der Waals surface area contributed by atoms with Crippen molar-refractivity contribution in [2.75, 3.05) is 5.32 Å². The Morgan fingerprint density at radius 2 is 2.09 bits per heavy atom. The Balaban J connectivity index is 1.50. The molecule has 1 saturated carbocycles. The van der Waals surface area contributed by atoms with E-state index >= 15 is 0 Å². The zero-order chi connectivity index (χ0) is 23.6. The topological polar surface area (TPSA) is 104 Å². The number of nitrogens with zero attached hydrogens (tertiary/aromatic N) is 4. The van der Waals surface area contributed by atoms with Crippen LogP contribution in [0.1, 0.15) is 41.0 Å². The molecule has 0 bridgehead atoms. The van der Waals surface area contributed by atoms with Crippen LogP contribution in [0.3, 0.4) is 0 Å². The second-order valence-corrected chi connectivity index (χ2v) is 8.32. The lowest BCUT2D eigenvalue weighted by Crippen LogP contribution is -2.39. The number of nitriles is 1. The average Bonchev–Trinajstić information content (AvgIpc) is 3.21. The van der Waals surface area contributed by atoms with Crippen molar-refractivity contribution >= 4 is 11.6 Å². The fourth-order valence-corrected chi connectivity index (χ4v) is 4.31. The smallest absolute Gasteiger partial charge is 0.259 e. The molecule has 2 heterocycles. The van der Waals surface area contributed by atoms with Gasteiger partial charge in [-0.3, -0.25) is 9.78 Å². The van der Waals surface area contributed by atoms with E-state index in [2.05, 4.69) is 28.0 Å². The number of hydrogen-bond acceptors (Lipinski definition) is 5. The van der Waals surface area contributed by atoms with Gasteiger partial charge in [-0.15, -0.1) is 6.58 Å². The summed E-state index contributed by atoms with van der Waals surface area (Å²) in [6.07, 6.45) is 5.60. The molecule has 4 rings (SSSR count). The number of rotatable bonds is 5. The molecule has 1 amide bonds. The van der Waals surface area contributed by atoms with Crippen molar-refractivity contribution in [3.8, 4) is 11.8 Å². The zero-order valence-electron chi connectivity index (χ0n) is 18.2. The number of aliphatic hydroxyl groups excluding tert-OH is 1. The zero-order valence-corrected chi connectivity index (χ0v) is 18.2.